The van der Waals surface area contributed by atoms with E-state index in [9.17, 15) is 4.79 Å². The fraction of sp³-hybridized carbons (Fsp3) is 0.188. The van der Waals surface area contributed by atoms with Gasteiger partial charge in [0.2, 0.25) is 0 Å². The molecule has 98 valence electrons. The lowest BCUT2D eigenvalue weighted by atomic mass is 9.98. The molecule has 0 saturated heterocycles. The van der Waals surface area contributed by atoms with Gasteiger partial charge < -0.3 is 10.5 Å². The van der Waals surface area contributed by atoms with Gasteiger partial charge in [-0.2, -0.15) is 0 Å². The second kappa shape index (κ2) is 6.16. The Balaban J connectivity index is 2.08. The zero-order valence-corrected chi connectivity index (χ0v) is 10.9. The minimum absolute atomic E-state index is 0.000506. The van der Waals surface area contributed by atoms with Crippen LogP contribution >= 0.6 is 0 Å². The molecule has 3 heteroatoms. The number of hydrogen-bond donors (Lipinski definition) is 1. The van der Waals surface area contributed by atoms with Gasteiger partial charge in [-0.15, -0.1) is 0 Å². The highest BCUT2D eigenvalue weighted by molar-refractivity contribution is 5.87. The first kappa shape index (κ1) is 13.3. The van der Waals surface area contributed by atoms with Crippen LogP contribution in [-0.2, 0) is 11.2 Å². The van der Waals surface area contributed by atoms with Crippen molar-refractivity contribution in [2.45, 2.75) is 12.5 Å². The van der Waals surface area contributed by atoms with Gasteiger partial charge in [0.05, 0.1) is 13.2 Å². The second-order valence-corrected chi connectivity index (χ2v) is 4.38. The predicted octanol–water partition coefficient (Wildman–Crippen LogP) is 2.51. The van der Waals surface area contributed by atoms with Crippen molar-refractivity contribution >= 4 is 5.78 Å². The molecule has 2 aromatic rings. The number of nitrogens with two attached hydrogens (primary N) is 1. The Labute approximate surface area is 113 Å². The topological polar surface area (TPSA) is 52.3 Å². The van der Waals surface area contributed by atoms with E-state index in [-0.39, 0.29) is 5.78 Å². The summed E-state index contributed by atoms with van der Waals surface area (Å²) in [5.74, 6) is 0.748. The van der Waals surface area contributed by atoms with E-state index in [1.165, 1.54) is 0 Å². The average Bonchev–Trinajstić information content (AvgIpc) is 2.47. The van der Waals surface area contributed by atoms with E-state index in [2.05, 4.69) is 0 Å². The fourth-order valence-corrected chi connectivity index (χ4v) is 1.94. The molecule has 0 amide bonds. The Morgan fingerprint density at radius 1 is 1.16 bits per heavy atom. The van der Waals surface area contributed by atoms with Crippen LogP contribution in [0.5, 0.6) is 5.75 Å². The summed E-state index contributed by atoms with van der Waals surface area (Å²) in [5.41, 5.74) is 7.73. The Kier molecular flexibility index (Phi) is 4.31. The summed E-state index contributed by atoms with van der Waals surface area (Å²) in [6.07, 6.45) is 0.313. The van der Waals surface area contributed by atoms with Crippen molar-refractivity contribution in [1.29, 1.82) is 0 Å². The predicted molar refractivity (Wildman–Crippen MR) is 75.1 cm³/mol. The normalized spacial score (nSPS) is 11.9. The Morgan fingerprint density at radius 3 is 2.58 bits per heavy atom. The van der Waals surface area contributed by atoms with Gasteiger partial charge in [0, 0.05) is 6.42 Å². The van der Waals surface area contributed by atoms with Crippen LogP contribution in [0.3, 0.4) is 0 Å². The SMILES string of the molecule is COc1cccc(CC(=O)C(N)c2ccccc2)c1. The molecule has 3 nitrogen and oxygen atoms in total. The van der Waals surface area contributed by atoms with Gasteiger partial charge in [-0.05, 0) is 23.3 Å². The van der Waals surface area contributed by atoms with Crippen LogP contribution in [-0.4, -0.2) is 12.9 Å². The van der Waals surface area contributed by atoms with Crippen LogP contribution in [0.25, 0.3) is 0 Å². The minimum atomic E-state index is -0.576. The molecule has 0 aliphatic heterocycles. The van der Waals surface area contributed by atoms with Crippen molar-refractivity contribution in [1.82, 2.24) is 0 Å². The highest BCUT2D eigenvalue weighted by Gasteiger charge is 2.15. The van der Waals surface area contributed by atoms with Crippen LogP contribution in [0.15, 0.2) is 54.6 Å². The third-order valence-electron chi connectivity index (χ3n) is 3.02. The van der Waals surface area contributed by atoms with Crippen molar-refractivity contribution < 1.29 is 9.53 Å². The van der Waals surface area contributed by atoms with Crippen molar-refractivity contribution in [3.05, 3.63) is 65.7 Å². The number of carbonyl (C=O) groups excluding carboxylic acids is 1. The smallest absolute Gasteiger partial charge is 0.158 e. The molecule has 0 aromatic heterocycles. The average molecular weight is 255 g/mol. The molecule has 0 spiro atoms. The summed E-state index contributed by atoms with van der Waals surface area (Å²) < 4.78 is 5.14. The maximum Gasteiger partial charge on any atom is 0.158 e. The van der Waals surface area contributed by atoms with Gasteiger partial charge in [-0.25, -0.2) is 0 Å². The highest BCUT2D eigenvalue weighted by atomic mass is 16.5. The molecule has 1 atom stereocenters. The molecule has 0 heterocycles. The first-order valence-electron chi connectivity index (χ1n) is 6.17. The molecule has 0 bridgehead atoms. The Morgan fingerprint density at radius 2 is 1.89 bits per heavy atom. The molecule has 0 aliphatic rings. The van der Waals surface area contributed by atoms with E-state index in [4.69, 9.17) is 10.5 Å². The number of methoxy groups -OCH3 is 1. The molecule has 2 aromatic carbocycles. The number of hydrogen-bond acceptors (Lipinski definition) is 3. The van der Waals surface area contributed by atoms with Crippen LogP contribution in [0.2, 0.25) is 0 Å². The lowest BCUT2D eigenvalue weighted by Gasteiger charge is -2.11. The first-order chi connectivity index (χ1) is 9.20. The standard InChI is InChI=1S/C16H17NO2/c1-19-14-9-5-6-12(10-14)11-15(18)16(17)13-7-3-2-4-8-13/h2-10,16H,11,17H2,1H3. The number of benzene rings is 2. The Hall–Kier alpha value is -2.13. The van der Waals surface area contributed by atoms with Gasteiger partial charge in [0.1, 0.15) is 5.75 Å². The van der Waals surface area contributed by atoms with Crippen LogP contribution < -0.4 is 10.5 Å². The van der Waals surface area contributed by atoms with Gasteiger partial charge in [0.15, 0.2) is 5.78 Å². The van der Waals surface area contributed by atoms with E-state index in [1.807, 2.05) is 54.6 Å². The zero-order chi connectivity index (χ0) is 13.7. The van der Waals surface area contributed by atoms with E-state index >= 15 is 0 Å². The lowest BCUT2D eigenvalue weighted by molar-refractivity contribution is -0.119. The summed E-state index contributed by atoms with van der Waals surface area (Å²) in [5, 5.41) is 0. The largest absolute Gasteiger partial charge is 0.497 e. The lowest BCUT2D eigenvalue weighted by Crippen LogP contribution is -2.23. The van der Waals surface area contributed by atoms with Gasteiger partial charge in [0.25, 0.3) is 0 Å². The van der Waals surface area contributed by atoms with Crippen molar-refractivity contribution in [2.75, 3.05) is 7.11 Å². The van der Waals surface area contributed by atoms with E-state index in [0.29, 0.717) is 6.42 Å². The second-order valence-electron chi connectivity index (χ2n) is 4.38. The molecule has 0 saturated carbocycles. The number of ether oxygens (including phenoxy) is 1. The minimum Gasteiger partial charge on any atom is -0.497 e. The highest BCUT2D eigenvalue weighted by Crippen LogP contribution is 2.17. The molecule has 0 radical (unpaired) electrons. The van der Waals surface area contributed by atoms with Crippen molar-refractivity contribution in [3.63, 3.8) is 0 Å². The summed E-state index contributed by atoms with van der Waals surface area (Å²) in [7, 11) is 1.61. The third-order valence-corrected chi connectivity index (χ3v) is 3.02. The van der Waals surface area contributed by atoms with E-state index < -0.39 is 6.04 Å². The molecule has 1 unspecified atom stereocenters. The van der Waals surface area contributed by atoms with Gasteiger partial charge in [-0.3, -0.25) is 4.79 Å². The van der Waals surface area contributed by atoms with E-state index in [1.54, 1.807) is 7.11 Å². The number of rotatable bonds is 5. The maximum absolute atomic E-state index is 12.1. The molecule has 2 rings (SSSR count). The summed E-state index contributed by atoms with van der Waals surface area (Å²) >= 11 is 0. The molecule has 0 aliphatic carbocycles. The molecule has 19 heavy (non-hydrogen) atoms. The van der Waals surface area contributed by atoms with Crippen LogP contribution in [0, 0.1) is 0 Å². The summed E-state index contributed by atoms with van der Waals surface area (Å²) in [6.45, 7) is 0. The number of ketones is 1. The number of Topliss-reactive ketones (excluding diaryl/α,β-unsaturated/α-hetero) is 1. The Bertz CT molecular complexity index is 552. The van der Waals surface area contributed by atoms with E-state index in [0.717, 1.165) is 16.9 Å². The van der Waals surface area contributed by atoms with Crippen molar-refractivity contribution in [2.24, 2.45) is 5.73 Å². The molecule has 2 N–H and O–H groups in total. The van der Waals surface area contributed by atoms with Gasteiger partial charge in [-0.1, -0.05) is 42.5 Å². The molecular weight excluding hydrogens is 238 g/mol. The van der Waals surface area contributed by atoms with Crippen molar-refractivity contribution in [3.8, 4) is 5.75 Å². The zero-order valence-electron chi connectivity index (χ0n) is 10.9. The summed E-state index contributed by atoms with van der Waals surface area (Å²) in [4.78, 5) is 12.1. The van der Waals surface area contributed by atoms with Gasteiger partial charge >= 0.3 is 0 Å². The summed E-state index contributed by atoms with van der Waals surface area (Å²) in [6, 6.07) is 16.3. The van der Waals surface area contributed by atoms with Crippen LogP contribution in [0.4, 0.5) is 0 Å². The number of carbonyl (C=O) groups is 1. The molecule has 0 fully saturated rings. The molecular formula is C16H17NO2. The maximum atomic E-state index is 12.1. The fourth-order valence-electron chi connectivity index (χ4n) is 1.94. The van der Waals surface area contributed by atoms with Crippen LogP contribution in [0.1, 0.15) is 17.2 Å². The third kappa shape index (κ3) is 3.42. The quantitative estimate of drug-likeness (QED) is 0.893. The first-order valence-corrected chi connectivity index (χ1v) is 6.17. The monoisotopic (exact) mass is 255 g/mol.